The standard InChI is InChI=1S/C23H22ClF3O3/c1-22(2)19(12-16(24)13-23(25,26)27)20(22)21(28)29-14-15-7-6-10-18(11-15)30-17-8-4-3-5-9-17/h3-12,19-20H,13-14H2,1-2H3. The number of carbonyl (C=O) groups is 1. The first-order valence-electron chi connectivity index (χ1n) is 9.48. The van der Waals surface area contributed by atoms with E-state index in [0.29, 0.717) is 11.5 Å². The third-order valence-corrected chi connectivity index (χ3v) is 5.41. The molecule has 1 saturated carbocycles. The van der Waals surface area contributed by atoms with Crippen molar-refractivity contribution < 1.29 is 27.4 Å². The van der Waals surface area contributed by atoms with Crippen LogP contribution in [0.25, 0.3) is 0 Å². The highest BCUT2D eigenvalue weighted by Gasteiger charge is 2.61. The third kappa shape index (κ3) is 5.79. The van der Waals surface area contributed by atoms with Gasteiger partial charge in [0.15, 0.2) is 0 Å². The lowest BCUT2D eigenvalue weighted by atomic mass is 10.1. The number of alkyl halides is 3. The normalized spacial score (nSPS) is 20.5. The van der Waals surface area contributed by atoms with Crippen molar-refractivity contribution in [2.75, 3.05) is 0 Å². The molecule has 0 spiro atoms. The van der Waals surface area contributed by atoms with Crippen molar-refractivity contribution in [2.24, 2.45) is 17.3 Å². The number of para-hydroxylation sites is 1. The average molecular weight is 439 g/mol. The first kappa shape index (κ1) is 22.2. The number of ether oxygens (including phenoxy) is 2. The molecule has 2 aromatic rings. The quantitative estimate of drug-likeness (QED) is 0.442. The number of halogens is 4. The van der Waals surface area contributed by atoms with Crippen LogP contribution in [0.4, 0.5) is 13.2 Å². The number of hydrogen-bond donors (Lipinski definition) is 0. The lowest BCUT2D eigenvalue weighted by Crippen LogP contribution is -2.10. The Morgan fingerprint density at radius 3 is 2.43 bits per heavy atom. The van der Waals surface area contributed by atoms with Gasteiger partial charge in [0, 0.05) is 5.03 Å². The lowest BCUT2D eigenvalue weighted by molar-refractivity contribution is -0.147. The summed E-state index contributed by atoms with van der Waals surface area (Å²) in [6, 6.07) is 16.5. The summed E-state index contributed by atoms with van der Waals surface area (Å²) < 4.78 is 48.6. The first-order chi connectivity index (χ1) is 14.1. The lowest BCUT2D eigenvalue weighted by Gasteiger charge is -2.09. The second-order valence-electron chi connectivity index (χ2n) is 7.90. The molecule has 0 N–H and O–H groups in total. The van der Waals surface area contributed by atoms with Crippen molar-refractivity contribution >= 4 is 17.6 Å². The van der Waals surface area contributed by atoms with Gasteiger partial charge in [-0.05, 0) is 41.2 Å². The number of esters is 1. The predicted octanol–water partition coefficient (Wildman–Crippen LogP) is 6.87. The topological polar surface area (TPSA) is 35.5 Å². The van der Waals surface area contributed by atoms with Gasteiger partial charge in [-0.2, -0.15) is 13.2 Å². The highest BCUT2D eigenvalue weighted by Crippen LogP contribution is 2.60. The molecule has 0 heterocycles. The van der Waals surface area contributed by atoms with Gasteiger partial charge in [-0.15, -0.1) is 0 Å². The molecule has 0 amide bonds. The van der Waals surface area contributed by atoms with Crippen LogP contribution in [0.5, 0.6) is 11.5 Å². The highest BCUT2D eigenvalue weighted by molar-refractivity contribution is 6.29. The van der Waals surface area contributed by atoms with Crippen LogP contribution in [0, 0.1) is 17.3 Å². The maximum absolute atomic E-state index is 12.5. The van der Waals surface area contributed by atoms with Gasteiger partial charge >= 0.3 is 12.1 Å². The predicted molar refractivity (Wildman–Crippen MR) is 108 cm³/mol. The van der Waals surface area contributed by atoms with Gasteiger partial charge in [-0.1, -0.05) is 61.9 Å². The molecular formula is C23H22ClF3O3. The summed E-state index contributed by atoms with van der Waals surface area (Å²) in [5, 5.41) is -0.304. The molecule has 2 unspecified atom stereocenters. The van der Waals surface area contributed by atoms with Crippen molar-refractivity contribution in [3.63, 3.8) is 0 Å². The summed E-state index contributed by atoms with van der Waals surface area (Å²) in [5.41, 5.74) is 0.249. The van der Waals surface area contributed by atoms with Crippen LogP contribution in [-0.2, 0) is 16.1 Å². The molecule has 3 nitrogen and oxygen atoms in total. The minimum absolute atomic E-state index is 0.0458. The highest BCUT2D eigenvalue weighted by atomic mass is 35.5. The molecular weight excluding hydrogens is 417 g/mol. The Labute approximate surface area is 178 Å². The van der Waals surface area contributed by atoms with Gasteiger partial charge in [0.25, 0.3) is 0 Å². The van der Waals surface area contributed by atoms with Crippen molar-refractivity contribution in [3.8, 4) is 11.5 Å². The van der Waals surface area contributed by atoms with E-state index >= 15 is 0 Å². The SMILES string of the molecule is CC1(C)C(C=C(Cl)CC(F)(F)F)C1C(=O)OCc1cccc(Oc2ccccc2)c1. The molecule has 30 heavy (non-hydrogen) atoms. The maximum Gasteiger partial charge on any atom is 0.393 e. The summed E-state index contributed by atoms with van der Waals surface area (Å²) in [7, 11) is 0. The van der Waals surface area contributed by atoms with Crippen molar-refractivity contribution in [2.45, 2.75) is 33.1 Å². The monoisotopic (exact) mass is 438 g/mol. The Balaban J connectivity index is 1.58. The second-order valence-corrected chi connectivity index (χ2v) is 8.39. The Hall–Kier alpha value is -2.47. The van der Waals surface area contributed by atoms with E-state index in [-0.39, 0.29) is 17.6 Å². The Kier molecular flexibility index (Phi) is 6.46. The number of carbonyl (C=O) groups excluding carboxylic acids is 1. The van der Waals surface area contributed by atoms with Gasteiger partial charge in [-0.3, -0.25) is 4.79 Å². The van der Waals surface area contributed by atoms with Crippen molar-refractivity contribution in [1.29, 1.82) is 0 Å². The molecule has 0 aliphatic heterocycles. The third-order valence-electron chi connectivity index (χ3n) is 5.15. The minimum Gasteiger partial charge on any atom is -0.461 e. The van der Waals surface area contributed by atoms with Crippen LogP contribution in [0.3, 0.4) is 0 Å². The van der Waals surface area contributed by atoms with Gasteiger partial charge in [-0.25, -0.2) is 0 Å². The molecule has 0 aromatic heterocycles. The summed E-state index contributed by atoms with van der Waals surface area (Å²) in [5.74, 6) is -0.0547. The zero-order chi connectivity index (χ0) is 21.9. The fourth-order valence-electron chi connectivity index (χ4n) is 3.45. The zero-order valence-electron chi connectivity index (χ0n) is 16.6. The van der Waals surface area contributed by atoms with Crippen LogP contribution in [0.1, 0.15) is 25.8 Å². The van der Waals surface area contributed by atoms with Crippen molar-refractivity contribution in [3.05, 3.63) is 71.3 Å². The van der Waals surface area contributed by atoms with Crippen LogP contribution in [0.15, 0.2) is 65.7 Å². The first-order valence-corrected chi connectivity index (χ1v) is 9.85. The Bertz CT molecular complexity index is 923. The fourth-order valence-corrected chi connectivity index (χ4v) is 3.74. The smallest absolute Gasteiger partial charge is 0.393 e. The van der Waals surface area contributed by atoms with E-state index in [0.717, 1.165) is 5.56 Å². The molecule has 7 heteroatoms. The fraction of sp³-hybridized carbons (Fsp3) is 0.348. The molecule has 1 aliphatic rings. The van der Waals surface area contributed by atoms with E-state index in [1.54, 1.807) is 24.3 Å². The molecule has 160 valence electrons. The molecule has 1 fully saturated rings. The van der Waals surface area contributed by atoms with Gasteiger partial charge in [0.05, 0.1) is 12.3 Å². The van der Waals surface area contributed by atoms with Gasteiger partial charge in [0.2, 0.25) is 0 Å². The second kappa shape index (κ2) is 8.72. The number of allylic oxidation sites excluding steroid dienone is 2. The average Bonchev–Trinajstić information content (AvgIpc) is 3.19. The largest absolute Gasteiger partial charge is 0.461 e. The molecule has 2 aromatic carbocycles. The number of hydrogen-bond acceptors (Lipinski definition) is 3. The van der Waals surface area contributed by atoms with Crippen LogP contribution < -0.4 is 4.74 Å². The number of rotatable bonds is 7. The van der Waals surface area contributed by atoms with Crippen LogP contribution >= 0.6 is 11.6 Å². The summed E-state index contributed by atoms with van der Waals surface area (Å²) in [6.07, 6.45) is -4.25. The van der Waals surface area contributed by atoms with Crippen LogP contribution in [-0.4, -0.2) is 12.1 Å². The van der Waals surface area contributed by atoms with E-state index < -0.39 is 29.9 Å². The van der Waals surface area contributed by atoms with Crippen LogP contribution in [0.2, 0.25) is 0 Å². The van der Waals surface area contributed by atoms with E-state index in [4.69, 9.17) is 21.1 Å². The summed E-state index contributed by atoms with van der Waals surface area (Å²) in [6.45, 7) is 3.67. The molecule has 0 saturated heterocycles. The van der Waals surface area contributed by atoms with E-state index in [1.807, 2.05) is 44.2 Å². The zero-order valence-corrected chi connectivity index (χ0v) is 17.3. The molecule has 1 aliphatic carbocycles. The van der Waals surface area contributed by atoms with Crippen molar-refractivity contribution in [1.82, 2.24) is 0 Å². The van der Waals surface area contributed by atoms with E-state index in [2.05, 4.69) is 0 Å². The summed E-state index contributed by atoms with van der Waals surface area (Å²) in [4.78, 5) is 12.5. The van der Waals surface area contributed by atoms with Gasteiger partial charge in [0.1, 0.15) is 18.1 Å². The Morgan fingerprint density at radius 2 is 1.77 bits per heavy atom. The van der Waals surface area contributed by atoms with E-state index in [9.17, 15) is 18.0 Å². The molecule has 0 radical (unpaired) electrons. The molecule has 0 bridgehead atoms. The molecule has 3 rings (SSSR count). The number of benzene rings is 2. The Morgan fingerprint density at radius 1 is 1.10 bits per heavy atom. The maximum atomic E-state index is 12.5. The molecule has 2 atom stereocenters. The van der Waals surface area contributed by atoms with E-state index in [1.165, 1.54) is 6.08 Å². The summed E-state index contributed by atoms with van der Waals surface area (Å²) >= 11 is 5.73. The van der Waals surface area contributed by atoms with Gasteiger partial charge < -0.3 is 9.47 Å². The minimum atomic E-state index is -4.38.